The fourth-order valence-electron chi connectivity index (χ4n) is 1.82. The van der Waals surface area contributed by atoms with Gasteiger partial charge in [0.05, 0.1) is 0 Å². The summed E-state index contributed by atoms with van der Waals surface area (Å²) in [6.07, 6.45) is 0.658. The molecule has 0 saturated carbocycles. The molecule has 0 heterocycles. The van der Waals surface area contributed by atoms with Crippen LogP contribution in [0.2, 0.25) is 0 Å². The molecule has 0 amide bonds. The fourth-order valence-corrected chi connectivity index (χ4v) is 1.82. The van der Waals surface area contributed by atoms with Crippen molar-refractivity contribution in [3.05, 3.63) is 29.8 Å². The summed E-state index contributed by atoms with van der Waals surface area (Å²) in [5, 5.41) is 9.17. The Kier molecular flexibility index (Phi) is 6.33. The molecule has 0 aromatic heterocycles. The van der Waals surface area contributed by atoms with Crippen LogP contribution in [-0.2, 0) is 20.7 Å². The monoisotopic (exact) mass is 294 g/mol. The minimum absolute atomic E-state index is 0.129. The second-order valence-electron chi connectivity index (χ2n) is 5.45. The predicted molar refractivity (Wildman–Crippen MR) is 78.3 cm³/mol. The van der Waals surface area contributed by atoms with Gasteiger partial charge in [-0.15, -0.1) is 0 Å². The highest BCUT2D eigenvalue weighted by Gasteiger charge is 2.23. The van der Waals surface area contributed by atoms with Crippen LogP contribution >= 0.6 is 0 Å². The molecule has 0 unspecified atom stereocenters. The van der Waals surface area contributed by atoms with Crippen LogP contribution < -0.4 is 11.5 Å². The van der Waals surface area contributed by atoms with E-state index in [4.69, 9.17) is 16.2 Å². The van der Waals surface area contributed by atoms with Crippen LogP contribution in [0.25, 0.3) is 0 Å². The van der Waals surface area contributed by atoms with Crippen LogP contribution in [0.15, 0.2) is 24.3 Å². The molecule has 0 fully saturated rings. The van der Waals surface area contributed by atoms with E-state index in [1.165, 1.54) is 12.1 Å². The first-order valence-corrected chi connectivity index (χ1v) is 6.84. The number of nitrogens with two attached hydrogens (primary N) is 2. The smallest absolute Gasteiger partial charge is 0.330 e. The van der Waals surface area contributed by atoms with Gasteiger partial charge in [-0.05, 0) is 36.5 Å². The van der Waals surface area contributed by atoms with E-state index in [0.717, 1.165) is 5.56 Å². The van der Waals surface area contributed by atoms with Crippen molar-refractivity contribution in [2.24, 2.45) is 17.4 Å². The number of benzene rings is 1. The average molecular weight is 294 g/mol. The largest absolute Gasteiger partial charge is 0.508 e. The van der Waals surface area contributed by atoms with E-state index in [0.29, 0.717) is 6.42 Å². The number of rotatable bonds is 6. The van der Waals surface area contributed by atoms with Gasteiger partial charge in [-0.2, -0.15) is 0 Å². The van der Waals surface area contributed by atoms with Gasteiger partial charge >= 0.3 is 11.9 Å². The summed E-state index contributed by atoms with van der Waals surface area (Å²) in [5.74, 6) is -1.19. The highest BCUT2D eigenvalue weighted by molar-refractivity contribution is 5.90. The maximum atomic E-state index is 11.7. The Labute approximate surface area is 124 Å². The highest BCUT2D eigenvalue weighted by Crippen LogP contribution is 2.11. The molecule has 21 heavy (non-hydrogen) atoms. The number of hydrogen-bond donors (Lipinski definition) is 3. The molecule has 2 atom stereocenters. The first kappa shape index (κ1) is 17.1. The summed E-state index contributed by atoms with van der Waals surface area (Å²) in [5.41, 5.74) is 12.1. The molecule has 0 radical (unpaired) electrons. The molecule has 5 N–H and O–H groups in total. The molecule has 0 aliphatic carbocycles. The van der Waals surface area contributed by atoms with Crippen LogP contribution in [0, 0.1) is 5.92 Å². The van der Waals surface area contributed by atoms with Crippen molar-refractivity contribution in [2.75, 3.05) is 0 Å². The van der Waals surface area contributed by atoms with Crippen molar-refractivity contribution in [3.63, 3.8) is 0 Å². The number of ether oxygens (including phenoxy) is 1. The molecule has 1 aromatic carbocycles. The Balaban J connectivity index is 2.50. The summed E-state index contributed by atoms with van der Waals surface area (Å²) >= 11 is 0. The van der Waals surface area contributed by atoms with E-state index < -0.39 is 24.0 Å². The van der Waals surface area contributed by atoms with E-state index in [-0.39, 0.29) is 18.1 Å². The molecule has 6 nitrogen and oxygen atoms in total. The lowest BCUT2D eigenvalue weighted by molar-refractivity contribution is -0.161. The molecule has 1 aromatic rings. The van der Waals surface area contributed by atoms with Crippen molar-refractivity contribution < 1.29 is 19.4 Å². The van der Waals surface area contributed by atoms with Gasteiger partial charge in [0.25, 0.3) is 0 Å². The van der Waals surface area contributed by atoms with E-state index in [2.05, 4.69) is 0 Å². The Hall–Kier alpha value is -1.92. The third-order valence-electron chi connectivity index (χ3n) is 2.92. The minimum Gasteiger partial charge on any atom is -0.508 e. The SMILES string of the molecule is CC(C)C[C@H](N)C(=O)OC(=O)[C@@H](N)Cc1ccc(O)cc1. The zero-order valence-electron chi connectivity index (χ0n) is 12.3. The highest BCUT2D eigenvalue weighted by atomic mass is 16.6. The molecule has 0 saturated heterocycles. The van der Waals surface area contributed by atoms with Gasteiger partial charge in [0.1, 0.15) is 17.8 Å². The molecule has 116 valence electrons. The first-order valence-electron chi connectivity index (χ1n) is 6.84. The number of aromatic hydroxyl groups is 1. The van der Waals surface area contributed by atoms with Crippen molar-refractivity contribution in [2.45, 2.75) is 38.8 Å². The fraction of sp³-hybridized carbons (Fsp3) is 0.467. The maximum absolute atomic E-state index is 11.7. The number of phenols is 1. The number of phenolic OH excluding ortho intramolecular Hbond substituents is 1. The van der Waals surface area contributed by atoms with Gasteiger partial charge in [0, 0.05) is 0 Å². The van der Waals surface area contributed by atoms with Crippen molar-refractivity contribution in [3.8, 4) is 5.75 Å². The second kappa shape index (κ2) is 7.75. The summed E-state index contributed by atoms with van der Waals surface area (Å²) < 4.78 is 4.69. The topological polar surface area (TPSA) is 116 Å². The van der Waals surface area contributed by atoms with E-state index in [1.807, 2.05) is 13.8 Å². The van der Waals surface area contributed by atoms with Crippen LogP contribution in [0.4, 0.5) is 0 Å². The van der Waals surface area contributed by atoms with E-state index >= 15 is 0 Å². The third kappa shape index (κ3) is 5.93. The Morgan fingerprint density at radius 3 is 2.14 bits per heavy atom. The lowest BCUT2D eigenvalue weighted by atomic mass is 10.0. The number of carbonyl (C=O) groups is 2. The summed E-state index contributed by atoms with van der Waals surface area (Å²) in [6.45, 7) is 3.84. The molecular formula is C15H22N2O4. The van der Waals surface area contributed by atoms with E-state index in [9.17, 15) is 14.7 Å². The van der Waals surface area contributed by atoms with Crippen LogP contribution in [0.3, 0.4) is 0 Å². The zero-order chi connectivity index (χ0) is 16.0. The van der Waals surface area contributed by atoms with Crippen molar-refractivity contribution >= 4 is 11.9 Å². The van der Waals surface area contributed by atoms with Gasteiger partial charge in [-0.3, -0.25) is 0 Å². The molecule has 1 rings (SSSR count). The second-order valence-corrected chi connectivity index (χ2v) is 5.45. The van der Waals surface area contributed by atoms with Gasteiger partial charge in [-0.1, -0.05) is 26.0 Å². The minimum atomic E-state index is -0.954. The average Bonchev–Trinajstić information content (AvgIpc) is 2.40. The van der Waals surface area contributed by atoms with Gasteiger partial charge < -0.3 is 21.3 Å². The van der Waals surface area contributed by atoms with Gasteiger partial charge in [0.15, 0.2) is 0 Å². The molecule has 6 heteroatoms. The van der Waals surface area contributed by atoms with Crippen molar-refractivity contribution in [1.29, 1.82) is 0 Å². The lowest BCUT2D eigenvalue weighted by Crippen LogP contribution is -2.41. The lowest BCUT2D eigenvalue weighted by Gasteiger charge is -2.15. The van der Waals surface area contributed by atoms with Gasteiger partial charge in [-0.25, -0.2) is 9.59 Å². The normalized spacial score (nSPS) is 13.8. The van der Waals surface area contributed by atoms with Crippen LogP contribution in [0.1, 0.15) is 25.8 Å². The maximum Gasteiger partial charge on any atom is 0.330 e. The zero-order valence-corrected chi connectivity index (χ0v) is 12.3. The van der Waals surface area contributed by atoms with Crippen molar-refractivity contribution in [1.82, 2.24) is 0 Å². The summed E-state index contributed by atoms with van der Waals surface area (Å²) in [4.78, 5) is 23.4. The number of carbonyl (C=O) groups excluding carboxylic acids is 2. The summed E-state index contributed by atoms with van der Waals surface area (Å²) in [7, 11) is 0. The number of esters is 2. The Morgan fingerprint density at radius 2 is 1.62 bits per heavy atom. The third-order valence-corrected chi connectivity index (χ3v) is 2.92. The molecule has 0 spiro atoms. The molecular weight excluding hydrogens is 272 g/mol. The number of hydrogen-bond acceptors (Lipinski definition) is 6. The standard InChI is InChI=1S/C15H22N2O4/c1-9(2)7-12(16)14(19)21-15(20)13(17)8-10-3-5-11(18)6-4-10/h3-6,9,12-13,18H,7-8,16-17H2,1-2H3/t12-,13-/m0/s1. The first-order chi connectivity index (χ1) is 9.79. The van der Waals surface area contributed by atoms with Crippen LogP contribution in [0.5, 0.6) is 5.75 Å². The predicted octanol–water partition coefficient (Wildman–Crippen LogP) is 0.705. The molecule has 0 aliphatic rings. The summed E-state index contributed by atoms with van der Waals surface area (Å²) in [6, 6.07) is 4.51. The van der Waals surface area contributed by atoms with E-state index in [1.54, 1.807) is 12.1 Å². The quantitative estimate of drug-likeness (QED) is 0.525. The molecule has 0 bridgehead atoms. The van der Waals surface area contributed by atoms with Gasteiger partial charge in [0.2, 0.25) is 0 Å². The van der Waals surface area contributed by atoms with Crippen LogP contribution in [-0.4, -0.2) is 29.1 Å². The Morgan fingerprint density at radius 1 is 1.10 bits per heavy atom. The Bertz CT molecular complexity index is 485. The molecule has 0 aliphatic heterocycles.